The average Bonchev–Trinajstić information content (AvgIpc) is 2.67. The number of allylic oxidation sites excluding steroid dienone is 1. The minimum atomic E-state index is -0.799. The third-order valence-corrected chi connectivity index (χ3v) is 3.54. The van der Waals surface area contributed by atoms with Gasteiger partial charge in [0.15, 0.2) is 0 Å². The van der Waals surface area contributed by atoms with Crippen LogP contribution in [0.4, 0.5) is 0 Å². The molecule has 17 heavy (non-hydrogen) atoms. The van der Waals surface area contributed by atoms with Gasteiger partial charge in [-0.15, -0.1) is 6.58 Å². The average molecular weight is 227 g/mol. The summed E-state index contributed by atoms with van der Waals surface area (Å²) >= 11 is 0. The van der Waals surface area contributed by atoms with Crippen molar-refractivity contribution in [1.82, 2.24) is 0 Å². The van der Waals surface area contributed by atoms with Crippen LogP contribution in [0, 0.1) is 0 Å². The molecular weight excluding hydrogens is 210 g/mol. The molecule has 1 aliphatic rings. The predicted molar refractivity (Wildman–Crippen MR) is 70.5 cm³/mol. The summed E-state index contributed by atoms with van der Waals surface area (Å²) in [5.74, 6) is -0.362. The highest BCUT2D eigenvalue weighted by molar-refractivity contribution is 5.90. The molecule has 2 N–H and O–H groups in total. The zero-order valence-electron chi connectivity index (χ0n) is 10.3. The molecule has 1 unspecified atom stereocenters. The monoisotopic (exact) mass is 227 g/mol. The Morgan fingerprint density at radius 1 is 1.53 bits per heavy atom. The summed E-state index contributed by atoms with van der Waals surface area (Å²) in [6, 6.07) is 6.03. The van der Waals surface area contributed by atoms with Gasteiger partial charge in [-0.25, -0.2) is 0 Å². The SMILES string of the molecule is C=CC(C)(C(N)=O)c1cccc2c1C=C(C)C2. The molecule has 0 radical (unpaired) electrons. The van der Waals surface area contributed by atoms with Crippen molar-refractivity contribution in [3.8, 4) is 0 Å². The summed E-state index contributed by atoms with van der Waals surface area (Å²) in [4.78, 5) is 11.7. The molecule has 0 aliphatic heterocycles. The van der Waals surface area contributed by atoms with Gasteiger partial charge in [-0.2, -0.15) is 0 Å². The van der Waals surface area contributed by atoms with Gasteiger partial charge in [-0.3, -0.25) is 4.79 Å². The molecule has 0 bridgehead atoms. The topological polar surface area (TPSA) is 43.1 Å². The smallest absolute Gasteiger partial charge is 0.231 e. The molecule has 0 saturated heterocycles. The molecule has 1 aromatic rings. The molecule has 2 rings (SSSR count). The number of primary amides is 1. The van der Waals surface area contributed by atoms with Gasteiger partial charge in [0.1, 0.15) is 0 Å². The lowest BCUT2D eigenvalue weighted by molar-refractivity contribution is -0.121. The van der Waals surface area contributed by atoms with E-state index in [2.05, 4.69) is 25.6 Å². The fourth-order valence-corrected chi connectivity index (χ4v) is 2.33. The largest absolute Gasteiger partial charge is 0.369 e. The van der Waals surface area contributed by atoms with Gasteiger partial charge >= 0.3 is 0 Å². The van der Waals surface area contributed by atoms with Crippen molar-refractivity contribution in [3.05, 3.63) is 53.1 Å². The van der Waals surface area contributed by atoms with E-state index in [4.69, 9.17) is 5.73 Å². The van der Waals surface area contributed by atoms with Gasteiger partial charge < -0.3 is 5.73 Å². The molecule has 1 aliphatic carbocycles. The Bertz CT molecular complexity index is 528. The number of nitrogens with two attached hydrogens (primary N) is 1. The molecule has 0 fully saturated rings. The Morgan fingerprint density at radius 3 is 2.82 bits per heavy atom. The molecule has 0 spiro atoms. The number of hydrogen-bond acceptors (Lipinski definition) is 1. The number of benzene rings is 1. The predicted octanol–water partition coefficient (Wildman–Crippen LogP) is 2.58. The van der Waals surface area contributed by atoms with E-state index < -0.39 is 5.41 Å². The fraction of sp³-hybridized carbons (Fsp3) is 0.267. The molecule has 1 amide bonds. The van der Waals surface area contributed by atoms with Crippen LogP contribution in [0.2, 0.25) is 0 Å². The van der Waals surface area contributed by atoms with Crippen LogP contribution >= 0.6 is 0 Å². The number of hydrogen-bond donors (Lipinski definition) is 1. The van der Waals surface area contributed by atoms with Crippen molar-refractivity contribution in [1.29, 1.82) is 0 Å². The first-order chi connectivity index (χ1) is 7.99. The highest BCUT2D eigenvalue weighted by Crippen LogP contribution is 2.35. The van der Waals surface area contributed by atoms with Crippen LogP contribution < -0.4 is 5.73 Å². The molecule has 0 heterocycles. The second-order valence-corrected chi connectivity index (χ2v) is 4.82. The first-order valence-electron chi connectivity index (χ1n) is 5.72. The quantitative estimate of drug-likeness (QED) is 0.792. The van der Waals surface area contributed by atoms with E-state index in [9.17, 15) is 4.79 Å². The lowest BCUT2D eigenvalue weighted by Crippen LogP contribution is -2.37. The lowest BCUT2D eigenvalue weighted by Gasteiger charge is -2.24. The molecule has 2 nitrogen and oxygen atoms in total. The summed E-state index contributed by atoms with van der Waals surface area (Å²) in [6.07, 6.45) is 4.72. The van der Waals surface area contributed by atoms with Gasteiger partial charge in [0.2, 0.25) is 5.91 Å². The first kappa shape index (κ1) is 11.6. The van der Waals surface area contributed by atoms with Gasteiger partial charge in [0.05, 0.1) is 5.41 Å². The van der Waals surface area contributed by atoms with Crippen LogP contribution in [0.25, 0.3) is 6.08 Å². The summed E-state index contributed by atoms with van der Waals surface area (Å²) < 4.78 is 0. The maximum Gasteiger partial charge on any atom is 0.231 e. The summed E-state index contributed by atoms with van der Waals surface area (Å²) in [7, 11) is 0. The molecule has 1 atom stereocenters. The van der Waals surface area contributed by atoms with E-state index in [1.165, 1.54) is 11.1 Å². The Kier molecular flexibility index (Phi) is 2.66. The van der Waals surface area contributed by atoms with Crippen molar-refractivity contribution in [3.63, 3.8) is 0 Å². The minimum absolute atomic E-state index is 0.362. The zero-order chi connectivity index (χ0) is 12.6. The summed E-state index contributed by atoms with van der Waals surface area (Å²) in [5.41, 5.74) is 9.36. The molecule has 2 heteroatoms. The lowest BCUT2D eigenvalue weighted by atomic mass is 9.78. The molecule has 0 saturated carbocycles. The van der Waals surface area contributed by atoms with Crippen molar-refractivity contribution in [2.45, 2.75) is 25.7 Å². The van der Waals surface area contributed by atoms with Crippen LogP contribution in [-0.2, 0) is 16.6 Å². The summed E-state index contributed by atoms with van der Waals surface area (Å²) in [6.45, 7) is 7.67. The number of carbonyl (C=O) groups is 1. The van der Waals surface area contributed by atoms with E-state index in [0.717, 1.165) is 17.5 Å². The number of fused-ring (bicyclic) bond motifs is 1. The zero-order valence-corrected chi connectivity index (χ0v) is 10.3. The van der Waals surface area contributed by atoms with Crippen molar-refractivity contribution >= 4 is 12.0 Å². The third-order valence-electron chi connectivity index (χ3n) is 3.54. The first-order valence-corrected chi connectivity index (χ1v) is 5.72. The Labute approximate surface area is 102 Å². The van der Waals surface area contributed by atoms with Crippen molar-refractivity contribution in [2.24, 2.45) is 5.73 Å². The second-order valence-electron chi connectivity index (χ2n) is 4.82. The van der Waals surface area contributed by atoms with Gasteiger partial charge in [-0.05, 0) is 37.0 Å². The van der Waals surface area contributed by atoms with E-state index in [-0.39, 0.29) is 5.91 Å². The third kappa shape index (κ3) is 1.70. The molecular formula is C15H17NO. The van der Waals surface area contributed by atoms with Crippen LogP contribution in [0.15, 0.2) is 36.4 Å². The van der Waals surface area contributed by atoms with E-state index in [1.54, 1.807) is 6.08 Å². The maximum absolute atomic E-state index is 11.7. The Morgan fingerprint density at radius 2 is 2.24 bits per heavy atom. The molecule has 1 aromatic carbocycles. The maximum atomic E-state index is 11.7. The van der Waals surface area contributed by atoms with Crippen molar-refractivity contribution < 1.29 is 4.79 Å². The number of rotatable bonds is 3. The van der Waals surface area contributed by atoms with Crippen LogP contribution in [0.1, 0.15) is 30.5 Å². The van der Waals surface area contributed by atoms with Gasteiger partial charge in [-0.1, -0.05) is 35.9 Å². The van der Waals surface area contributed by atoms with E-state index in [1.807, 2.05) is 19.1 Å². The normalized spacial score (nSPS) is 16.9. The fourth-order valence-electron chi connectivity index (χ4n) is 2.33. The standard InChI is InChI=1S/C15H17NO/c1-4-15(3,14(16)17)13-7-5-6-11-8-10(2)9-12(11)13/h4-7,9H,1,8H2,2-3H3,(H2,16,17). The highest BCUT2D eigenvalue weighted by atomic mass is 16.1. The van der Waals surface area contributed by atoms with Crippen LogP contribution in [0.5, 0.6) is 0 Å². The van der Waals surface area contributed by atoms with E-state index >= 15 is 0 Å². The summed E-state index contributed by atoms with van der Waals surface area (Å²) in [5, 5.41) is 0. The highest BCUT2D eigenvalue weighted by Gasteiger charge is 2.33. The van der Waals surface area contributed by atoms with E-state index in [0.29, 0.717) is 0 Å². The van der Waals surface area contributed by atoms with Gasteiger partial charge in [0.25, 0.3) is 0 Å². The molecule has 0 aromatic heterocycles. The number of amides is 1. The Hall–Kier alpha value is -1.83. The van der Waals surface area contributed by atoms with Crippen LogP contribution in [-0.4, -0.2) is 5.91 Å². The minimum Gasteiger partial charge on any atom is -0.369 e. The van der Waals surface area contributed by atoms with Crippen LogP contribution in [0.3, 0.4) is 0 Å². The second kappa shape index (κ2) is 3.88. The molecule has 88 valence electrons. The number of carbonyl (C=O) groups excluding carboxylic acids is 1. The van der Waals surface area contributed by atoms with Crippen molar-refractivity contribution in [2.75, 3.05) is 0 Å². The Balaban J connectivity index is 2.65. The van der Waals surface area contributed by atoms with Gasteiger partial charge in [0, 0.05) is 0 Å².